The molecule has 0 radical (unpaired) electrons. The number of ether oxygens (including phenoxy) is 1. The third-order valence-corrected chi connectivity index (χ3v) is 3.88. The van der Waals surface area contributed by atoms with Gasteiger partial charge in [0.25, 0.3) is 5.91 Å². The van der Waals surface area contributed by atoms with Crippen molar-refractivity contribution in [2.45, 2.75) is 18.9 Å². The van der Waals surface area contributed by atoms with Crippen molar-refractivity contribution in [2.75, 3.05) is 23.8 Å². The second kappa shape index (κ2) is 7.15. The summed E-state index contributed by atoms with van der Waals surface area (Å²) in [5.74, 6) is -0.351. The number of phenolic OH excluding ortho intramolecular Hbond substituents is 1. The largest absolute Gasteiger partial charge is 0.507 e. The maximum Gasteiger partial charge on any atom is 0.259 e. The molecule has 0 atom stereocenters. The predicted octanol–water partition coefficient (Wildman–Crippen LogP) is 3.24. The van der Waals surface area contributed by atoms with E-state index in [1.807, 2.05) is 24.3 Å². The van der Waals surface area contributed by atoms with E-state index in [2.05, 4.69) is 10.6 Å². The number of carbonyl (C=O) groups excluding carboxylic acids is 1. The maximum absolute atomic E-state index is 12.1. The number of rotatable bonds is 4. The van der Waals surface area contributed by atoms with E-state index < -0.39 is 0 Å². The minimum Gasteiger partial charge on any atom is -0.507 e. The average molecular weight is 312 g/mol. The summed E-state index contributed by atoms with van der Waals surface area (Å²) in [5, 5.41) is 16.0. The Labute approximate surface area is 135 Å². The van der Waals surface area contributed by atoms with Crippen LogP contribution in [-0.2, 0) is 4.74 Å². The zero-order valence-corrected chi connectivity index (χ0v) is 12.8. The summed E-state index contributed by atoms with van der Waals surface area (Å²) >= 11 is 0. The molecule has 120 valence electrons. The molecule has 1 amide bonds. The van der Waals surface area contributed by atoms with Crippen LogP contribution in [-0.4, -0.2) is 30.3 Å². The Morgan fingerprint density at radius 3 is 2.35 bits per heavy atom. The van der Waals surface area contributed by atoms with E-state index in [9.17, 15) is 9.90 Å². The van der Waals surface area contributed by atoms with Gasteiger partial charge in [-0.15, -0.1) is 0 Å². The molecule has 0 aromatic heterocycles. The fourth-order valence-corrected chi connectivity index (χ4v) is 2.59. The molecule has 0 saturated carbocycles. The van der Waals surface area contributed by atoms with Gasteiger partial charge in [0.05, 0.1) is 5.56 Å². The van der Waals surface area contributed by atoms with Crippen molar-refractivity contribution in [2.24, 2.45) is 0 Å². The van der Waals surface area contributed by atoms with Gasteiger partial charge in [0.15, 0.2) is 0 Å². The highest BCUT2D eigenvalue weighted by molar-refractivity contribution is 6.06. The highest BCUT2D eigenvalue weighted by Crippen LogP contribution is 2.20. The molecule has 5 heteroatoms. The van der Waals surface area contributed by atoms with Crippen molar-refractivity contribution in [1.29, 1.82) is 0 Å². The second-order valence-corrected chi connectivity index (χ2v) is 5.58. The average Bonchev–Trinajstić information content (AvgIpc) is 2.58. The molecule has 1 fully saturated rings. The van der Waals surface area contributed by atoms with Crippen LogP contribution in [0.3, 0.4) is 0 Å². The molecule has 0 spiro atoms. The lowest BCUT2D eigenvalue weighted by Crippen LogP contribution is -2.27. The van der Waals surface area contributed by atoms with E-state index >= 15 is 0 Å². The molecule has 0 bridgehead atoms. The van der Waals surface area contributed by atoms with E-state index in [0.717, 1.165) is 31.7 Å². The highest BCUT2D eigenvalue weighted by Gasteiger charge is 2.13. The Kier molecular flexibility index (Phi) is 4.78. The lowest BCUT2D eigenvalue weighted by molar-refractivity contribution is 0.0904. The topological polar surface area (TPSA) is 70.6 Å². The number of amides is 1. The van der Waals surface area contributed by atoms with Crippen LogP contribution in [0.4, 0.5) is 11.4 Å². The van der Waals surface area contributed by atoms with Gasteiger partial charge in [-0.1, -0.05) is 12.1 Å². The number of carbonyl (C=O) groups is 1. The normalized spacial score (nSPS) is 15.1. The van der Waals surface area contributed by atoms with Crippen molar-refractivity contribution in [3.05, 3.63) is 54.1 Å². The number of phenols is 1. The summed E-state index contributed by atoms with van der Waals surface area (Å²) < 4.78 is 5.34. The molecular formula is C18H20N2O3. The first-order valence-corrected chi connectivity index (χ1v) is 7.76. The van der Waals surface area contributed by atoms with Gasteiger partial charge in [0, 0.05) is 30.6 Å². The van der Waals surface area contributed by atoms with Gasteiger partial charge in [-0.05, 0) is 49.2 Å². The molecule has 5 nitrogen and oxygen atoms in total. The van der Waals surface area contributed by atoms with Crippen LogP contribution in [0, 0.1) is 0 Å². The number of anilines is 2. The minimum atomic E-state index is -0.326. The molecule has 1 aliphatic rings. The number of hydrogen-bond acceptors (Lipinski definition) is 4. The standard InChI is InChI=1S/C18H20N2O3/c21-17-4-2-1-3-16(17)18(22)20-14-7-5-13(6-8-14)19-15-9-11-23-12-10-15/h1-8,15,19,21H,9-12H2,(H,20,22). The Morgan fingerprint density at radius 1 is 1.00 bits per heavy atom. The van der Waals surface area contributed by atoms with Gasteiger partial charge in [-0.25, -0.2) is 0 Å². The smallest absolute Gasteiger partial charge is 0.259 e. The monoisotopic (exact) mass is 312 g/mol. The quantitative estimate of drug-likeness (QED) is 0.810. The molecule has 3 rings (SSSR count). The summed E-state index contributed by atoms with van der Waals surface area (Å²) in [6.45, 7) is 1.60. The molecule has 1 saturated heterocycles. The molecule has 2 aromatic rings. The van der Waals surface area contributed by atoms with E-state index in [1.165, 1.54) is 6.07 Å². The molecule has 0 aliphatic carbocycles. The lowest BCUT2D eigenvalue weighted by Gasteiger charge is -2.24. The van der Waals surface area contributed by atoms with Crippen LogP contribution in [0.2, 0.25) is 0 Å². The van der Waals surface area contributed by atoms with Crippen LogP contribution in [0.15, 0.2) is 48.5 Å². The van der Waals surface area contributed by atoms with Crippen molar-refractivity contribution in [1.82, 2.24) is 0 Å². The Hall–Kier alpha value is -2.53. The van der Waals surface area contributed by atoms with E-state index in [-0.39, 0.29) is 17.2 Å². The fourth-order valence-electron chi connectivity index (χ4n) is 2.59. The van der Waals surface area contributed by atoms with Crippen molar-refractivity contribution in [3.63, 3.8) is 0 Å². The van der Waals surface area contributed by atoms with E-state index in [0.29, 0.717) is 11.7 Å². The SMILES string of the molecule is O=C(Nc1ccc(NC2CCOCC2)cc1)c1ccccc1O. The Balaban J connectivity index is 1.61. The summed E-state index contributed by atoms with van der Waals surface area (Å²) in [5.41, 5.74) is 1.98. The van der Waals surface area contributed by atoms with Gasteiger partial charge in [0.2, 0.25) is 0 Å². The highest BCUT2D eigenvalue weighted by atomic mass is 16.5. The predicted molar refractivity (Wildman–Crippen MR) is 90.0 cm³/mol. The third kappa shape index (κ3) is 4.02. The zero-order chi connectivity index (χ0) is 16.1. The van der Waals surface area contributed by atoms with Gasteiger partial charge in [0.1, 0.15) is 5.75 Å². The first-order valence-electron chi connectivity index (χ1n) is 7.76. The molecule has 2 aromatic carbocycles. The van der Waals surface area contributed by atoms with Crippen LogP contribution in [0.25, 0.3) is 0 Å². The number of nitrogens with one attached hydrogen (secondary N) is 2. The first kappa shape index (κ1) is 15.4. The van der Waals surface area contributed by atoms with Gasteiger partial charge >= 0.3 is 0 Å². The molecule has 3 N–H and O–H groups in total. The number of benzene rings is 2. The second-order valence-electron chi connectivity index (χ2n) is 5.58. The molecular weight excluding hydrogens is 292 g/mol. The van der Waals surface area contributed by atoms with Gasteiger partial charge < -0.3 is 20.5 Å². The van der Waals surface area contributed by atoms with Crippen LogP contribution in [0.1, 0.15) is 23.2 Å². The van der Waals surface area contributed by atoms with Crippen LogP contribution in [0.5, 0.6) is 5.75 Å². The molecule has 1 aliphatic heterocycles. The summed E-state index contributed by atoms with van der Waals surface area (Å²) in [6, 6.07) is 14.5. The molecule has 23 heavy (non-hydrogen) atoms. The van der Waals surface area contributed by atoms with Crippen LogP contribution >= 0.6 is 0 Å². The number of hydrogen-bond donors (Lipinski definition) is 3. The van der Waals surface area contributed by atoms with Crippen molar-refractivity contribution >= 4 is 17.3 Å². The van der Waals surface area contributed by atoms with Crippen molar-refractivity contribution < 1.29 is 14.6 Å². The Bertz CT molecular complexity index is 664. The molecule has 0 unspecified atom stereocenters. The summed E-state index contributed by atoms with van der Waals surface area (Å²) in [4.78, 5) is 12.1. The number of para-hydroxylation sites is 1. The fraction of sp³-hybridized carbons (Fsp3) is 0.278. The van der Waals surface area contributed by atoms with Crippen LogP contribution < -0.4 is 10.6 Å². The summed E-state index contributed by atoms with van der Waals surface area (Å²) in [6.07, 6.45) is 2.01. The van der Waals surface area contributed by atoms with Crippen molar-refractivity contribution in [3.8, 4) is 5.75 Å². The Morgan fingerprint density at radius 2 is 1.65 bits per heavy atom. The maximum atomic E-state index is 12.1. The summed E-state index contributed by atoms with van der Waals surface area (Å²) in [7, 11) is 0. The molecule has 1 heterocycles. The lowest BCUT2D eigenvalue weighted by atomic mass is 10.1. The van der Waals surface area contributed by atoms with Gasteiger partial charge in [-0.3, -0.25) is 4.79 Å². The number of aromatic hydroxyl groups is 1. The third-order valence-electron chi connectivity index (χ3n) is 3.88. The first-order chi connectivity index (χ1) is 11.2. The van der Waals surface area contributed by atoms with E-state index in [1.54, 1.807) is 18.2 Å². The zero-order valence-electron chi connectivity index (χ0n) is 12.8. The minimum absolute atomic E-state index is 0.0252. The van der Waals surface area contributed by atoms with Gasteiger partial charge in [-0.2, -0.15) is 0 Å². The van der Waals surface area contributed by atoms with E-state index in [4.69, 9.17) is 4.74 Å².